The minimum atomic E-state index is 0.0992. The van der Waals surface area contributed by atoms with Crippen LogP contribution < -0.4 is 5.32 Å². The topological polar surface area (TPSA) is 35.5 Å². The molecule has 1 heterocycles. The summed E-state index contributed by atoms with van der Waals surface area (Å²) in [4.78, 5) is 2.47. The second-order valence-corrected chi connectivity index (χ2v) is 5.31. The van der Waals surface area contributed by atoms with Gasteiger partial charge in [0.1, 0.15) is 5.75 Å². The van der Waals surface area contributed by atoms with E-state index in [4.69, 9.17) is 0 Å². The molecule has 0 aromatic heterocycles. The fraction of sp³-hybridized carbons (Fsp3) is 0.571. The van der Waals surface area contributed by atoms with Gasteiger partial charge >= 0.3 is 0 Å². The number of hydrogen-bond donors (Lipinski definition) is 2. The Balaban J connectivity index is 1.88. The maximum Gasteiger partial charge on any atom is 0.120 e. The van der Waals surface area contributed by atoms with Crippen LogP contribution in [0, 0.1) is 0 Å². The van der Waals surface area contributed by atoms with Gasteiger partial charge in [-0.3, -0.25) is 4.90 Å². The van der Waals surface area contributed by atoms with Crippen LogP contribution in [0.25, 0.3) is 0 Å². The summed E-state index contributed by atoms with van der Waals surface area (Å²) in [5.74, 6) is 0.447. The number of aromatic hydroxyl groups is 1. The monoisotopic (exact) mass is 232 g/mol. The molecule has 0 amide bonds. The smallest absolute Gasteiger partial charge is 0.120 e. The van der Waals surface area contributed by atoms with E-state index in [1.165, 1.54) is 6.42 Å². The molecule has 92 valence electrons. The van der Waals surface area contributed by atoms with Gasteiger partial charge in [-0.25, -0.2) is 0 Å². The van der Waals surface area contributed by atoms with Gasteiger partial charge in [0.15, 0.2) is 0 Å². The molecule has 2 N–H and O–H groups in total. The highest BCUT2D eigenvalue weighted by Gasteiger charge is 2.51. The van der Waals surface area contributed by atoms with E-state index in [1.807, 2.05) is 12.1 Å². The van der Waals surface area contributed by atoms with Crippen molar-refractivity contribution in [1.29, 1.82) is 0 Å². The number of para-hydroxylation sites is 1. The zero-order valence-corrected chi connectivity index (χ0v) is 10.3. The fourth-order valence-corrected chi connectivity index (χ4v) is 3.12. The summed E-state index contributed by atoms with van der Waals surface area (Å²) < 4.78 is 0. The van der Waals surface area contributed by atoms with Crippen molar-refractivity contribution in [2.75, 3.05) is 20.1 Å². The van der Waals surface area contributed by atoms with Gasteiger partial charge in [-0.15, -0.1) is 0 Å². The van der Waals surface area contributed by atoms with Gasteiger partial charge in [0.2, 0.25) is 0 Å². The molecular weight excluding hydrogens is 212 g/mol. The highest BCUT2D eigenvalue weighted by Crippen LogP contribution is 2.53. The maximum absolute atomic E-state index is 10.0. The van der Waals surface area contributed by atoms with Crippen LogP contribution >= 0.6 is 0 Å². The first-order chi connectivity index (χ1) is 8.24. The molecule has 1 aliphatic heterocycles. The van der Waals surface area contributed by atoms with Crippen LogP contribution in [0.5, 0.6) is 5.75 Å². The van der Waals surface area contributed by atoms with E-state index in [0.29, 0.717) is 11.8 Å². The Morgan fingerprint density at radius 3 is 2.71 bits per heavy atom. The number of likely N-dealkylation sites (N-methyl/N-ethyl adjacent to an activating group) is 1. The fourth-order valence-electron chi connectivity index (χ4n) is 3.12. The van der Waals surface area contributed by atoms with Gasteiger partial charge in [0.05, 0.1) is 0 Å². The van der Waals surface area contributed by atoms with Crippen molar-refractivity contribution in [3.8, 4) is 5.75 Å². The number of phenolic OH excluding ortho intramolecular Hbond substituents is 1. The first-order valence-corrected chi connectivity index (χ1v) is 6.46. The van der Waals surface area contributed by atoms with Crippen molar-refractivity contribution < 1.29 is 5.11 Å². The van der Waals surface area contributed by atoms with Crippen molar-refractivity contribution >= 4 is 0 Å². The van der Waals surface area contributed by atoms with Crippen LogP contribution in [0.1, 0.15) is 24.8 Å². The van der Waals surface area contributed by atoms with E-state index >= 15 is 0 Å². The van der Waals surface area contributed by atoms with Crippen LogP contribution in [-0.2, 0) is 5.54 Å². The molecule has 1 saturated heterocycles. The quantitative estimate of drug-likeness (QED) is 0.832. The molecule has 3 rings (SSSR count). The summed E-state index contributed by atoms with van der Waals surface area (Å²) in [5, 5.41) is 13.5. The number of rotatable bonds is 3. The minimum Gasteiger partial charge on any atom is -0.508 e. The molecule has 1 unspecified atom stereocenters. The van der Waals surface area contributed by atoms with E-state index < -0.39 is 0 Å². The van der Waals surface area contributed by atoms with E-state index in [0.717, 1.165) is 31.5 Å². The van der Waals surface area contributed by atoms with Crippen LogP contribution in [-0.4, -0.2) is 36.2 Å². The van der Waals surface area contributed by atoms with Gasteiger partial charge in [-0.1, -0.05) is 18.2 Å². The number of hydrogen-bond acceptors (Lipinski definition) is 3. The molecule has 3 nitrogen and oxygen atoms in total. The molecule has 0 radical (unpaired) electrons. The van der Waals surface area contributed by atoms with Crippen molar-refractivity contribution in [3.05, 3.63) is 29.8 Å². The molecule has 17 heavy (non-hydrogen) atoms. The van der Waals surface area contributed by atoms with Crippen LogP contribution in [0.15, 0.2) is 24.3 Å². The molecule has 1 saturated carbocycles. The molecule has 1 atom stereocenters. The van der Waals surface area contributed by atoms with Crippen molar-refractivity contribution in [1.82, 2.24) is 10.2 Å². The highest BCUT2D eigenvalue weighted by molar-refractivity contribution is 5.41. The average Bonchev–Trinajstić information content (AvgIpc) is 2.96. The third kappa shape index (κ3) is 1.74. The van der Waals surface area contributed by atoms with Gasteiger partial charge in [-0.05, 0) is 38.9 Å². The molecule has 1 aromatic carbocycles. The highest BCUT2D eigenvalue weighted by atomic mass is 16.3. The average molecular weight is 232 g/mol. The Hall–Kier alpha value is -1.06. The molecule has 2 aliphatic rings. The summed E-state index contributed by atoms with van der Waals surface area (Å²) >= 11 is 0. The first kappa shape index (κ1) is 11.1. The number of nitrogens with one attached hydrogen (secondary N) is 1. The predicted octanol–water partition coefficient (Wildman–Crippen LogP) is 1.67. The van der Waals surface area contributed by atoms with Crippen LogP contribution in [0.2, 0.25) is 0 Å². The summed E-state index contributed by atoms with van der Waals surface area (Å²) in [6, 6.07) is 8.40. The first-order valence-electron chi connectivity index (χ1n) is 6.46. The SMILES string of the molecule is CN(C1CCNC1)C1(c2ccccc2O)CC1. The molecular formula is C14H20N2O. The Labute approximate surface area is 102 Å². The summed E-state index contributed by atoms with van der Waals surface area (Å²) in [7, 11) is 2.21. The van der Waals surface area contributed by atoms with E-state index in [-0.39, 0.29) is 5.54 Å². The second-order valence-electron chi connectivity index (χ2n) is 5.31. The summed E-state index contributed by atoms with van der Waals surface area (Å²) in [6.07, 6.45) is 3.54. The van der Waals surface area contributed by atoms with E-state index in [2.05, 4.69) is 23.3 Å². The predicted molar refractivity (Wildman–Crippen MR) is 68.1 cm³/mol. The third-order valence-electron chi connectivity index (χ3n) is 4.39. The molecule has 0 spiro atoms. The van der Waals surface area contributed by atoms with Crippen molar-refractivity contribution in [3.63, 3.8) is 0 Å². The largest absolute Gasteiger partial charge is 0.508 e. The summed E-state index contributed by atoms with van der Waals surface area (Å²) in [6.45, 7) is 2.19. The molecule has 2 fully saturated rings. The number of phenols is 1. The Morgan fingerprint density at radius 1 is 1.35 bits per heavy atom. The lowest BCUT2D eigenvalue weighted by molar-refractivity contribution is 0.161. The molecule has 1 aromatic rings. The molecule has 1 aliphatic carbocycles. The van der Waals surface area contributed by atoms with Crippen LogP contribution in [0.3, 0.4) is 0 Å². The lowest BCUT2D eigenvalue weighted by Gasteiger charge is -2.33. The number of nitrogens with zero attached hydrogens (tertiary/aromatic N) is 1. The third-order valence-corrected chi connectivity index (χ3v) is 4.39. The van der Waals surface area contributed by atoms with Crippen LogP contribution in [0.4, 0.5) is 0 Å². The van der Waals surface area contributed by atoms with E-state index in [9.17, 15) is 5.11 Å². The van der Waals surface area contributed by atoms with E-state index in [1.54, 1.807) is 6.07 Å². The van der Waals surface area contributed by atoms with Crippen molar-refractivity contribution in [2.45, 2.75) is 30.8 Å². The van der Waals surface area contributed by atoms with Crippen molar-refractivity contribution in [2.24, 2.45) is 0 Å². The van der Waals surface area contributed by atoms with Gasteiger partial charge in [0.25, 0.3) is 0 Å². The number of benzene rings is 1. The normalized spacial score (nSPS) is 26.4. The molecule has 0 bridgehead atoms. The Kier molecular flexibility index (Phi) is 2.60. The standard InChI is InChI=1S/C14H20N2O/c1-16(11-6-9-15-10-11)14(7-8-14)12-4-2-3-5-13(12)17/h2-5,11,15,17H,6-10H2,1H3. The summed E-state index contributed by atoms with van der Waals surface area (Å²) in [5.41, 5.74) is 1.21. The Bertz CT molecular complexity index is 408. The second kappa shape index (κ2) is 4.00. The Morgan fingerprint density at radius 2 is 2.12 bits per heavy atom. The lowest BCUT2D eigenvalue weighted by atomic mass is 10.00. The minimum absolute atomic E-state index is 0.0992. The van der Waals surface area contributed by atoms with Gasteiger partial charge in [0, 0.05) is 23.7 Å². The lowest BCUT2D eigenvalue weighted by Crippen LogP contribution is -2.41. The zero-order chi connectivity index (χ0) is 11.9. The zero-order valence-electron chi connectivity index (χ0n) is 10.3. The molecule has 3 heteroatoms. The van der Waals surface area contributed by atoms with Gasteiger partial charge < -0.3 is 10.4 Å². The van der Waals surface area contributed by atoms with Gasteiger partial charge in [-0.2, -0.15) is 0 Å². The maximum atomic E-state index is 10.0.